The molecule has 0 saturated heterocycles. The van der Waals surface area contributed by atoms with Gasteiger partial charge in [-0.15, -0.1) is 0 Å². The van der Waals surface area contributed by atoms with Crippen molar-refractivity contribution >= 4 is 22.8 Å². The Balaban J connectivity index is 1.42. The van der Waals surface area contributed by atoms with Crippen LogP contribution in [0.25, 0.3) is 0 Å². The number of hydrogen-bond acceptors (Lipinski definition) is 5. The smallest absolute Gasteiger partial charge is 0.416 e. The largest absolute Gasteiger partial charge is 0.454 e. The average Bonchev–Trinajstić information content (AvgIpc) is 3.34. The summed E-state index contributed by atoms with van der Waals surface area (Å²) in [6, 6.07) is 10.00. The molecule has 0 spiro atoms. The first-order valence-electron chi connectivity index (χ1n) is 8.47. The molecule has 0 N–H and O–H groups in total. The van der Waals surface area contributed by atoms with Crippen molar-refractivity contribution in [1.82, 2.24) is 4.90 Å². The summed E-state index contributed by atoms with van der Waals surface area (Å²) in [5.74, 6) is 1.35. The van der Waals surface area contributed by atoms with E-state index in [4.69, 9.17) is 9.47 Å². The maximum atomic E-state index is 12.8. The fourth-order valence-electron chi connectivity index (χ4n) is 2.86. The Labute approximate surface area is 163 Å². The molecule has 2 aromatic rings. The Morgan fingerprint density at radius 2 is 1.86 bits per heavy atom. The maximum Gasteiger partial charge on any atom is 0.416 e. The van der Waals surface area contributed by atoms with E-state index in [-0.39, 0.29) is 12.7 Å². The molecular formula is C19H15F3N2O3S. The molecule has 2 aromatic carbocycles. The van der Waals surface area contributed by atoms with Gasteiger partial charge in [-0.25, -0.2) is 0 Å². The lowest BCUT2D eigenvalue weighted by atomic mass is 10.1. The molecule has 4 rings (SSSR count). The number of ether oxygens (including phenoxy) is 2. The predicted molar refractivity (Wildman–Crippen MR) is 98.6 cm³/mol. The zero-order chi connectivity index (χ0) is 19.7. The van der Waals surface area contributed by atoms with Crippen molar-refractivity contribution in [2.45, 2.75) is 11.9 Å². The van der Waals surface area contributed by atoms with Gasteiger partial charge in [-0.2, -0.15) is 13.2 Å². The second-order valence-corrected chi connectivity index (χ2v) is 7.11. The van der Waals surface area contributed by atoms with Crippen LogP contribution in [-0.2, 0) is 11.9 Å². The number of aliphatic imine (C=N–C) groups is 1. The molecule has 2 heterocycles. The number of hydrogen-bond donors (Lipinski definition) is 0. The van der Waals surface area contributed by atoms with E-state index < -0.39 is 11.7 Å². The van der Waals surface area contributed by atoms with E-state index in [0.717, 1.165) is 17.7 Å². The van der Waals surface area contributed by atoms with E-state index in [1.54, 1.807) is 23.1 Å². The third-order valence-electron chi connectivity index (χ3n) is 4.32. The molecule has 0 bridgehead atoms. The minimum atomic E-state index is -4.35. The second kappa shape index (κ2) is 7.38. The third kappa shape index (κ3) is 3.80. The number of benzene rings is 2. The third-order valence-corrected chi connectivity index (χ3v) is 5.40. The van der Waals surface area contributed by atoms with Crippen LogP contribution in [0.1, 0.15) is 21.5 Å². The molecule has 0 saturated carbocycles. The first-order chi connectivity index (χ1) is 13.4. The number of amidine groups is 1. The van der Waals surface area contributed by atoms with E-state index in [1.807, 2.05) is 0 Å². The molecule has 28 heavy (non-hydrogen) atoms. The van der Waals surface area contributed by atoms with Gasteiger partial charge < -0.3 is 9.47 Å². The van der Waals surface area contributed by atoms with Crippen molar-refractivity contribution in [2.24, 2.45) is 4.99 Å². The van der Waals surface area contributed by atoms with Crippen molar-refractivity contribution in [2.75, 3.05) is 19.9 Å². The lowest BCUT2D eigenvalue weighted by molar-refractivity contribution is -0.137. The number of nitrogens with zero attached hydrogens (tertiary/aromatic N) is 2. The normalized spacial score (nSPS) is 15.7. The summed E-state index contributed by atoms with van der Waals surface area (Å²) in [7, 11) is 0. The molecule has 146 valence electrons. The number of alkyl halides is 3. The quantitative estimate of drug-likeness (QED) is 0.765. The highest BCUT2D eigenvalue weighted by Gasteiger charge is 2.30. The van der Waals surface area contributed by atoms with Gasteiger partial charge in [-0.3, -0.25) is 14.7 Å². The summed E-state index contributed by atoms with van der Waals surface area (Å²) in [6.07, 6.45) is -4.35. The standard InChI is InChI=1S/C19H15F3N2O3S/c20-19(21,22)14-4-1-12(2-5-14)10-28-18-23-7-8-24(18)17(25)13-3-6-15-16(9-13)27-11-26-15/h1-6,9H,7-8,10-11H2. The number of carbonyl (C=O) groups excluding carboxylic acids is 1. The van der Waals surface area contributed by atoms with E-state index in [9.17, 15) is 18.0 Å². The van der Waals surface area contributed by atoms with Gasteiger partial charge in [0.25, 0.3) is 5.91 Å². The molecular weight excluding hydrogens is 393 g/mol. The number of amides is 1. The number of halogens is 3. The monoisotopic (exact) mass is 408 g/mol. The molecule has 1 amide bonds. The Morgan fingerprint density at radius 1 is 1.11 bits per heavy atom. The topological polar surface area (TPSA) is 51.1 Å². The molecule has 0 fully saturated rings. The fourth-order valence-corrected chi connectivity index (χ4v) is 3.86. The highest BCUT2D eigenvalue weighted by Crippen LogP contribution is 2.33. The number of thioether (sulfide) groups is 1. The maximum absolute atomic E-state index is 12.8. The van der Waals surface area contributed by atoms with Crippen LogP contribution < -0.4 is 9.47 Å². The van der Waals surface area contributed by atoms with E-state index in [1.165, 1.54) is 23.9 Å². The Hall–Kier alpha value is -2.68. The van der Waals surface area contributed by atoms with Crippen LogP contribution in [0.4, 0.5) is 13.2 Å². The van der Waals surface area contributed by atoms with Crippen LogP contribution in [-0.4, -0.2) is 35.9 Å². The Kier molecular flexibility index (Phi) is 4.92. The lowest BCUT2D eigenvalue weighted by Gasteiger charge is -2.18. The Bertz CT molecular complexity index is 929. The molecule has 5 nitrogen and oxygen atoms in total. The van der Waals surface area contributed by atoms with Gasteiger partial charge in [0, 0.05) is 17.9 Å². The van der Waals surface area contributed by atoms with E-state index in [0.29, 0.717) is 41.1 Å². The molecule has 9 heteroatoms. The summed E-state index contributed by atoms with van der Waals surface area (Å²) in [5.41, 5.74) is 0.510. The number of rotatable bonds is 3. The van der Waals surface area contributed by atoms with Crippen LogP contribution in [0.5, 0.6) is 11.5 Å². The molecule has 2 aliphatic heterocycles. The first kappa shape index (κ1) is 18.7. The Morgan fingerprint density at radius 3 is 2.61 bits per heavy atom. The molecule has 0 unspecified atom stereocenters. The van der Waals surface area contributed by atoms with Crippen LogP contribution in [0.2, 0.25) is 0 Å². The van der Waals surface area contributed by atoms with Gasteiger partial charge in [0.2, 0.25) is 6.79 Å². The van der Waals surface area contributed by atoms with Crippen molar-refractivity contribution in [3.8, 4) is 11.5 Å². The van der Waals surface area contributed by atoms with Gasteiger partial charge in [0.05, 0.1) is 12.1 Å². The second-order valence-electron chi connectivity index (χ2n) is 6.17. The van der Waals surface area contributed by atoms with Crippen LogP contribution in [0.15, 0.2) is 47.5 Å². The zero-order valence-corrected chi connectivity index (χ0v) is 15.3. The van der Waals surface area contributed by atoms with Gasteiger partial charge >= 0.3 is 6.18 Å². The average molecular weight is 408 g/mol. The summed E-state index contributed by atoms with van der Waals surface area (Å²) >= 11 is 1.32. The summed E-state index contributed by atoms with van der Waals surface area (Å²) in [5, 5.41) is 0.558. The number of fused-ring (bicyclic) bond motifs is 1. The summed E-state index contributed by atoms with van der Waals surface area (Å²) in [4.78, 5) is 18.8. The van der Waals surface area contributed by atoms with E-state index in [2.05, 4.69) is 4.99 Å². The van der Waals surface area contributed by atoms with Crippen molar-refractivity contribution in [3.63, 3.8) is 0 Å². The minimum Gasteiger partial charge on any atom is -0.454 e. The van der Waals surface area contributed by atoms with Crippen LogP contribution in [0.3, 0.4) is 0 Å². The van der Waals surface area contributed by atoms with Gasteiger partial charge in [0.1, 0.15) is 0 Å². The molecule has 0 aromatic heterocycles. The fraction of sp³-hybridized carbons (Fsp3) is 0.263. The van der Waals surface area contributed by atoms with Crippen molar-refractivity contribution in [3.05, 3.63) is 59.2 Å². The highest BCUT2D eigenvalue weighted by molar-refractivity contribution is 8.13. The van der Waals surface area contributed by atoms with Gasteiger partial charge in [0.15, 0.2) is 16.7 Å². The predicted octanol–water partition coefficient (Wildman–Crippen LogP) is 4.18. The molecule has 0 aliphatic carbocycles. The van der Waals surface area contributed by atoms with E-state index >= 15 is 0 Å². The lowest BCUT2D eigenvalue weighted by Crippen LogP contribution is -2.32. The summed E-state index contributed by atoms with van der Waals surface area (Å²) < 4.78 is 48.5. The molecule has 0 radical (unpaired) electrons. The number of carbonyl (C=O) groups is 1. The van der Waals surface area contributed by atoms with Crippen molar-refractivity contribution in [1.29, 1.82) is 0 Å². The van der Waals surface area contributed by atoms with Gasteiger partial charge in [-0.05, 0) is 35.9 Å². The summed E-state index contributed by atoms with van der Waals surface area (Å²) in [6.45, 7) is 1.08. The first-order valence-corrected chi connectivity index (χ1v) is 9.45. The van der Waals surface area contributed by atoms with Gasteiger partial charge in [-0.1, -0.05) is 23.9 Å². The van der Waals surface area contributed by atoms with Crippen molar-refractivity contribution < 1.29 is 27.4 Å². The zero-order valence-electron chi connectivity index (χ0n) is 14.5. The highest BCUT2D eigenvalue weighted by atomic mass is 32.2. The molecule has 0 atom stereocenters. The van der Waals surface area contributed by atoms with Crippen LogP contribution in [0, 0.1) is 0 Å². The van der Waals surface area contributed by atoms with Crippen LogP contribution >= 0.6 is 11.8 Å². The SMILES string of the molecule is O=C(c1ccc2c(c1)OCO2)N1CCN=C1SCc1ccc(C(F)(F)F)cc1. The minimum absolute atomic E-state index is 0.131. The molecule has 2 aliphatic rings.